The van der Waals surface area contributed by atoms with Crippen LogP contribution in [-0.4, -0.2) is 60.1 Å². The van der Waals surface area contributed by atoms with E-state index in [9.17, 15) is 18.4 Å². The zero-order valence-corrected chi connectivity index (χ0v) is 23.6. The standard InChI is InChI=1S/C27H27F2N7O3S2/c1-39-16-6-4-5-15(11-16)24(37)32-20-12-17(18(28)13-19(20)29)21-14-40-25(33-21)22-23(30)34-27(41-22)35-26(38)31-7-10-36-8-2-3-9-36/h4-6,11-14H,2-3,7-10,30H2,1H3,(H,32,37)(H2,31,34,35,38). The zero-order chi connectivity index (χ0) is 28.9. The average molecular weight is 600 g/mol. The Morgan fingerprint density at radius 3 is 2.68 bits per heavy atom. The maximum absolute atomic E-state index is 14.8. The summed E-state index contributed by atoms with van der Waals surface area (Å²) in [6.45, 7) is 3.40. The Kier molecular flexibility index (Phi) is 8.71. The summed E-state index contributed by atoms with van der Waals surface area (Å²) in [4.78, 5) is 36.5. The maximum atomic E-state index is 14.8. The lowest BCUT2D eigenvalue weighted by molar-refractivity contribution is 0.102. The Morgan fingerprint density at radius 2 is 1.90 bits per heavy atom. The van der Waals surface area contributed by atoms with Gasteiger partial charge in [0.15, 0.2) is 5.13 Å². The summed E-state index contributed by atoms with van der Waals surface area (Å²) >= 11 is 2.32. The average Bonchev–Trinajstić information content (AvgIpc) is 3.72. The first-order chi connectivity index (χ1) is 19.8. The van der Waals surface area contributed by atoms with Crippen LogP contribution in [0.4, 0.5) is 30.2 Å². The number of rotatable bonds is 9. The smallest absolute Gasteiger partial charge is 0.321 e. The van der Waals surface area contributed by atoms with Crippen molar-refractivity contribution in [3.05, 3.63) is 59.0 Å². The summed E-state index contributed by atoms with van der Waals surface area (Å²) < 4.78 is 34.5. The van der Waals surface area contributed by atoms with Crippen LogP contribution in [-0.2, 0) is 0 Å². The van der Waals surface area contributed by atoms with Gasteiger partial charge >= 0.3 is 6.03 Å². The number of halogens is 2. The number of carbonyl (C=O) groups excluding carboxylic acids is 2. The van der Waals surface area contributed by atoms with Gasteiger partial charge in [-0.25, -0.2) is 23.5 Å². The number of methoxy groups -OCH3 is 1. The molecule has 5 N–H and O–H groups in total. The number of ether oxygens (including phenoxy) is 1. The molecule has 2 aromatic heterocycles. The van der Waals surface area contributed by atoms with E-state index < -0.39 is 17.5 Å². The number of nitrogen functional groups attached to an aromatic ring is 1. The number of thiazole rings is 2. The van der Waals surface area contributed by atoms with Crippen molar-refractivity contribution in [1.29, 1.82) is 0 Å². The number of hydrogen-bond donors (Lipinski definition) is 4. The molecule has 5 rings (SSSR count). The van der Waals surface area contributed by atoms with Crippen molar-refractivity contribution in [3.8, 4) is 26.9 Å². The number of benzene rings is 2. The first-order valence-electron chi connectivity index (χ1n) is 12.7. The molecule has 0 bridgehead atoms. The second kappa shape index (κ2) is 12.6. The lowest BCUT2D eigenvalue weighted by Crippen LogP contribution is -2.35. The van der Waals surface area contributed by atoms with Crippen molar-refractivity contribution in [2.75, 3.05) is 49.7 Å². The van der Waals surface area contributed by atoms with Gasteiger partial charge in [-0.2, -0.15) is 0 Å². The highest BCUT2D eigenvalue weighted by Crippen LogP contribution is 2.39. The molecular formula is C27H27F2N7O3S2. The monoisotopic (exact) mass is 599 g/mol. The van der Waals surface area contributed by atoms with Gasteiger partial charge in [0.2, 0.25) is 0 Å². The number of nitrogens with one attached hydrogen (secondary N) is 3. The predicted octanol–water partition coefficient (Wildman–Crippen LogP) is 5.27. The molecular weight excluding hydrogens is 572 g/mol. The normalized spacial score (nSPS) is 13.2. The van der Waals surface area contributed by atoms with Crippen LogP contribution in [0.5, 0.6) is 5.75 Å². The van der Waals surface area contributed by atoms with E-state index in [2.05, 4.69) is 30.8 Å². The van der Waals surface area contributed by atoms with Crippen molar-refractivity contribution in [3.63, 3.8) is 0 Å². The number of anilines is 3. The van der Waals surface area contributed by atoms with Gasteiger partial charge in [0.1, 0.15) is 33.1 Å². The summed E-state index contributed by atoms with van der Waals surface area (Å²) in [5, 5.41) is 10.3. The first-order valence-corrected chi connectivity index (χ1v) is 14.4. The molecule has 41 heavy (non-hydrogen) atoms. The Balaban J connectivity index is 1.28. The van der Waals surface area contributed by atoms with E-state index >= 15 is 0 Å². The number of urea groups is 1. The molecule has 0 saturated carbocycles. The number of nitrogens with two attached hydrogens (primary N) is 1. The van der Waals surface area contributed by atoms with Crippen LogP contribution < -0.4 is 26.4 Å². The molecule has 0 aliphatic carbocycles. The van der Waals surface area contributed by atoms with Crippen LogP contribution in [0.2, 0.25) is 0 Å². The molecule has 1 fully saturated rings. The zero-order valence-electron chi connectivity index (χ0n) is 22.0. The van der Waals surface area contributed by atoms with E-state index in [0.717, 1.165) is 31.0 Å². The van der Waals surface area contributed by atoms with Gasteiger partial charge in [-0.05, 0) is 50.2 Å². The molecule has 0 atom stereocenters. The lowest BCUT2D eigenvalue weighted by Gasteiger charge is -2.14. The van der Waals surface area contributed by atoms with Crippen molar-refractivity contribution < 1.29 is 23.1 Å². The Hall–Kier alpha value is -4.14. The summed E-state index contributed by atoms with van der Waals surface area (Å²) in [5.74, 6) is -1.74. The second-order valence-corrected chi connectivity index (χ2v) is 11.1. The van der Waals surface area contributed by atoms with Gasteiger partial charge in [-0.15, -0.1) is 11.3 Å². The van der Waals surface area contributed by atoms with E-state index in [0.29, 0.717) is 33.4 Å². The van der Waals surface area contributed by atoms with E-state index in [4.69, 9.17) is 10.5 Å². The van der Waals surface area contributed by atoms with Crippen molar-refractivity contribution in [1.82, 2.24) is 20.2 Å². The molecule has 1 saturated heterocycles. The van der Waals surface area contributed by atoms with Gasteiger partial charge in [0.25, 0.3) is 5.91 Å². The van der Waals surface area contributed by atoms with E-state index in [1.165, 1.54) is 43.4 Å². The molecule has 2 aromatic carbocycles. The minimum Gasteiger partial charge on any atom is -0.497 e. The fourth-order valence-corrected chi connectivity index (χ4v) is 6.11. The van der Waals surface area contributed by atoms with Crippen molar-refractivity contribution in [2.24, 2.45) is 0 Å². The topological polar surface area (TPSA) is 134 Å². The molecule has 214 valence electrons. The van der Waals surface area contributed by atoms with E-state index in [1.807, 2.05) is 0 Å². The number of likely N-dealkylation sites (tertiary alicyclic amines) is 1. The SMILES string of the molecule is COc1cccc(C(=O)Nc2cc(-c3csc(-c4sc(NC(=O)NCCN5CCCC5)nc4N)n3)c(F)cc2F)c1. The molecule has 0 spiro atoms. The molecule has 3 heterocycles. The molecule has 3 amide bonds. The summed E-state index contributed by atoms with van der Waals surface area (Å²) in [5.41, 5.74) is 6.35. The molecule has 1 aliphatic heterocycles. The predicted molar refractivity (Wildman–Crippen MR) is 157 cm³/mol. The second-order valence-electron chi connectivity index (χ2n) is 9.20. The highest BCUT2D eigenvalue weighted by molar-refractivity contribution is 7.23. The van der Waals surface area contributed by atoms with Gasteiger partial charge in [0, 0.05) is 35.7 Å². The van der Waals surface area contributed by atoms with Gasteiger partial charge in [-0.3, -0.25) is 10.1 Å². The summed E-state index contributed by atoms with van der Waals surface area (Å²) in [7, 11) is 1.47. The molecule has 14 heteroatoms. The van der Waals surface area contributed by atoms with Gasteiger partial charge in [0.05, 0.1) is 18.5 Å². The fraction of sp³-hybridized carbons (Fsp3) is 0.259. The minimum absolute atomic E-state index is 0.00587. The molecule has 0 unspecified atom stereocenters. The highest BCUT2D eigenvalue weighted by atomic mass is 32.1. The number of amides is 3. The van der Waals surface area contributed by atoms with E-state index in [1.54, 1.807) is 23.6 Å². The Bertz CT molecular complexity index is 1570. The number of nitrogens with zero attached hydrogens (tertiary/aromatic N) is 3. The van der Waals surface area contributed by atoms with Crippen molar-refractivity contribution >= 4 is 51.2 Å². The maximum Gasteiger partial charge on any atom is 0.321 e. The molecule has 1 aliphatic rings. The number of hydrogen-bond acceptors (Lipinski definition) is 9. The van der Waals surface area contributed by atoms with Gasteiger partial charge in [-0.1, -0.05) is 17.4 Å². The summed E-state index contributed by atoms with van der Waals surface area (Å²) in [6.07, 6.45) is 2.36. The largest absolute Gasteiger partial charge is 0.497 e. The van der Waals surface area contributed by atoms with Crippen LogP contribution in [0, 0.1) is 11.6 Å². The summed E-state index contributed by atoms with van der Waals surface area (Å²) in [6, 6.07) is 7.86. The number of aromatic nitrogens is 2. The minimum atomic E-state index is -0.931. The Morgan fingerprint density at radius 1 is 1.10 bits per heavy atom. The van der Waals surface area contributed by atoms with Crippen LogP contribution in [0.15, 0.2) is 41.8 Å². The third-order valence-corrected chi connectivity index (χ3v) is 8.38. The van der Waals surface area contributed by atoms with Crippen LogP contribution in [0.1, 0.15) is 23.2 Å². The number of carbonyl (C=O) groups is 2. The van der Waals surface area contributed by atoms with E-state index in [-0.39, 0.29) is 34.4 Å². The lowest BCUT2D eigenvalue weighted by atomic mass is 10.1. The van der Waals surface area contributed by atoms with Crippen LogP contribution >= 0.6 is 22.7 Å². The van der Waals surface area contributed by atoms with Crippen LogP contribution in [0.25, 0.3) is 21.1 Å². The Labute approximate surface area is 242 Å². The molecule has 4 aromatic rings. The van der Waals surface area contributed by atoms with Gasteiger partial charge < -0.3 is 26.0 Å². The fourth-order valence-electron chi connectivity index (χ4n) is 4.32. The first kappa shape index (κ1) is 28.4. The molecule has 10 nitrogen and oxygen atoms in total. The van der Waals surface area contributed by atoms with Crippen LogP contribution in [0.3, 0.4) is 0 Å². The third kappa shape index (κ3) is 6.78. The highest BCUT2D eigenvalue weighted by Gasteiger charge is 2.20. The third-order valence-electron chi connectivity index (χ3n) is 6.40. The molecule has 0 radical (unpaired) electrons. The van der Waals surface area contributed by atoms with Crippen molar-refractivity contribution in [2.45, 2.75) is 12.8 Å². The quantitative estimate of drug-likeness (QED) is 0.206.